The molecule has 18 heavy (non-hydrogen) atoms. The van der Waals surface area contributed by atoms with Crippen molar-refractivity contribution in [2.45, 2.75) is 32.1 Å². The third-order valence-electron chi connectivity index (χ3n) is 3.61. The van der Waals surface area contributed by atoms with E-state index in [9.17, 15) is 9.90 Å². The maximum Gasteiger partial charge on any atom is 0.307 e. The van der Waals surface area contributed by atoms with Gasteiger partial charge in [-0.1, -0.05) is 42.9 Å². The van der Waals surface area contributed by atoms with Crippen LogP contribution in [0.1, 0.15) is 37.7 Å². The first kappa shape index (κ1) is 12.7. The van der Waals surface area contributed by atoms with Crippen molar-refractivity contribution in [1.29, 1.82) is 0 Å². The number of hydrogen-bond acceptors (Lipinski definition) is 1. The van der Waals surface area contributed by atoms with Crippen molar-refractivity contribution in [1.82, 2.24) is 0 Å². The largest absolute Gasteiger partial charge is 0.481 e. The van der Waals surface area contributed by atoms with Gasteiger partial charge >= 0.3 is 5.97 Å². The van der Waals surface area contributed by atoms with E-state index in [1.54, 1.807) is 0 Å². The summed E-state index contributed by atoms with van der Waals surface area (Å²) in [7, 11) is 0. The van der Waals surface area contributed by atoms with Crippen molar-refractivity contribution in [3.63, 3.8) is 0 Å². The van der Waals surface area contributed by atoms with E-state index in [0.717, 1.165) is 18.4 Å². The minimum absolute atomic E-state index is 0.288. The fraction of sp³-hybridized carbons (Fsp3) is 0.438. The van der Waals surface area contributed by atoms with E-state index in [1.807, 2.05) is 30.3 Å². The number of aliphatic carboxylic acids is 1. The molecule has 94 valence electrons. The monoisotopic (exact) mass is 242 g/mol. The molecule has 0 amide bonds. The van der Waals surface area contributed by atoms with Gasteiger partial charge in [-0.05, 0) is 30.9 Å². The predicted octanol–water partition coefficient (Wildman–Crippen LogP) is 3.32. The van der Waals surface area contributed by atoms with Gasteiger partial charge < -0.3 is 5.11 Å². The number of carbonyl (C=O) groups is 1. The summed E-state index contributed by atoms with van der Waals surface area (Å²) in [5.74, 6) is 5.42. The van der Waals surface area contributed by atoms with Crippen LogP contribution >= 0.6 is 0 Å². The maximum atomic E-state index is 11.3. The molecule has 1 N–H and O–H groups in total. The molecule has 1 fully saturated rings. The summed E-state index contributed by atoms with van der Waals surface area (Å²) in [6.07, 6.45) is 4.89. The number of carboxylic acids is 1. The van der Waals surface area contributed by atoms with E-state index in [0.29, 0.717) is 12.3 Å². The molecule has 0 spiro atoms. The molecule has 1 unspecified atom stereocenters. The van der Waals surface area contributed by atoms with Gasteiger partial charge in [-0.15, -0.1) is 0 Å². The highest BCUT2D eigenvalue weighted by Crippen LogP contribution is 2.33. The number of benzene rings is 1. The Balaban J connectivity index is 1.98. The summed E-state index contributed by atoms with van der Waals surface area (Å²) in [4.78, 5) is 11.3. The molecular formula is C16H18O2. The second-order valence-electron chi connectivity index (χ2n) is 4.86. The Morgan fingerprint density at radius 3 is 2.56 bits per heavy atom. The summed E-state index contributed by atoms with van der Waals surface area (Å²) in [6.45, 7) is 0. The van der Waals surface area contributed by atoms with Gasteiger partial charge in [-0.3, -0.25) is 4.79 Å². The highest BCUT2D eigenvalue weighted by atomic mass is 16.4. The fourth-order valence-corrected chi connectivity index (χ4v) is 2.60. The summed E-state index contributed by atoms with van der Waals surface area (Å²) >= 11 is 0. The first-order valence-corrected chi connectivity index (χ1v) is 6.54. The maximum absolute atomic E-state index is 11.3. The van der Waals surface area contributed by atoms with E-state index in [2.05, 4.69) is 11.8 Å². The summed E-state index contributed by atoms with van der Waals surface area (Å²) in [6, 6.07) is 9.71. The van der Waals surface area contributed by atoms with Gasteiger partial charge in [0.2, 0.25) is 0 Å². The van der Waals surface area contributed by atoms with Crippen LogP contribution in [0, 0.1) is 23.7 Å². The average molecular weight is 242 g/mol. The van der Waals surface area contributed by atoms with Crippen molar-refractivity contribution < 1.29 is 9.90 Å². The molecule has 1 atom stereocenters. The Hall–Kier alpha value is -1.75. The highest BCUT2D eigenvalue weighted by molar-refractivity contribution is 5.70. The van der Waals surface area contributed by atoms with Crippen LogP contribution in [-0.2, 0) is 4.79 Å². The normalized spacial score (nSPS) is 16.9. The topological polar surface area (TPSA) is 37.3 Å². The van der Waals surface area contributed by atoms with Crippen LogP contribution in [0.2, 0.25) is 0 Å². The molecule has 0 aromatic heterocycles. The Labute approximate surface area is 108 Å². The van der Waals surface area contributed by atoms with Gasteiger partial charge in [-0.25, -0.2) is 0 Å². The summed E-state index contributed by atoms with van der Waals surface area (Å²) in [5, 5.41) is 9.26. The standard InChI is InChI=1S/C16H18O2/c17-16(18)15(14-10-4-5-11-14)12-6-9-13-7-2-1-3-8-13/h1-3,7-8,14-15H,4-5,10-12H2,(H,17,18). The summed E-state index contributed by atoms with van der Waals surface area (Å²) < 4.78 is 0. The van der Waals surface area contributed by atoms with Crippen molar-refractivity contribution in [3.05, 3.63) is 35.9 Å². The number of hydrogen-bond donors (Lipinski definition) is 1. The lowest BCUT2D eigenvalue weighted by molar-refractivity contribution is -0.143. The first-order valence-electron chi connectivity index (χ1n) is 6.54. The molecule has 0 aliphatic heterocycles. The van der Waals surface area contributed by atoms with E-state index in [-0.39, 0.29) is 5.92 Å². The highest BCUT2D eigenvalue weighted by Gasteiger charge is 2.29. The lowest BCUT2D eigenvalue weighted by Gasteiger charge is -2.16. The SMILES string of the molecule is O=C(O)C(CC#Cc1ccccc1)C1CCCC1. The molecule has 2 nitrogen and oxygen atoms in total. The molecule has 1 saturated carbocycles. The van der Waals surface area contributed by atoms with Gasteiger partial charge in [-0.2, -0.15) is 0 Å². The van der Waals surface area contributed by atoms with Crippen LogP contribution in [0.15, 0.2) is 30.3 Å². The molecule has 1 aliphatic rings. The summed E-state index contributed by atoms with van der Waals surface area (Å²) in [5.41, 5.74) is 0.952. The first-order chi connectivity index (χ1) is 8.77. The molecule has 0 bridgehead atoms. The predicted molar refractivity (Wildman–Crippen MR) is 71.0 cm³/mol. The lowest BCUT2D eigenvalue weighted by Crippen LogP contribution is -2.21. The third kappa shape index (κ3) is 3.37. The zero-order chi connectivity index (χ0) is 12.8. The molecule has 0 radical (unpaired) electrons. The Morgan fingerprint density at radius 1 is 1.28 bits per heavy atom. The van der Waals surface area contributed by atoms with Crippen LogP contribution in [0.4, 0.5) is 0 Å². The fourth-order valence-electron chi connectivity index (χ4n) is 2.60. The molecule has 1 aromatic carbocycles. The molecule has 0 saturated heterocycles. The molecule has 1 aliphatic carbocycles. The quantitative estimate of drug-likeness (QED) is 0.825. The molecule has 0 heterocycles. The minimum Gasteiger partial charge on any atom is -0.481 e. The van der Waals surface area contributed by atoms with E-state index >= 15 is 0 Å². The Bertz CT molecular complexity index is 447. The van der Waals surface area contributed by atoms with E-state index in [1.165, 1.54) is 12.8 Å². The average Bonchev–Trinajstić information content (AvgIpc) is 2.89. The Morgan fingerprint density at radius 2 is 1.94 bits per heavy atom. The van der Waals surface area contributed by atoms with Crippen molar-refractivity contribution in [3.8, 4) is 11.8 Å². The molecule has 1 aromatic rings. The lowest BCUT2D eigenvalue weighted by atomic mass is 9.88. The smallest absolute Gasteiger partial charge is 0.307 e. The molecule has 2 heteroatoms. The van der Waals surface area contributed by atoms with Crippen molar-refractivity contribution in [2.24, 2.45) is 11.8 Å². The number of carboxylic acid groups (broad SMARTS) is 1. The molecular weight excluding hydrogens is 224 g/mol. The van der Waals surface area contributed by atoms with Crippen molar-refractivity contribution >= 4 is 5.97 Å². The van der Waals surface area contributed by atoms with Gasteiger partial charge in [0.15, 0.2) is 0 Å². The van der Waals surface area contributed by atoms with Gasteiger partial charge in [0.1, 0.15) is 0 Å². The second-order valence-corrected chi connectivity index (χ2v) is 4.86. The van der Waals surface area contributed by atoms with Crippen LogP contribution in [0.3, 0.4) is 0 Å². The zero-order valence-corrected chi connectivity index (χ0v) is 10.4. The van der Waals surface area contributed by atoms with Crippen LogP contribution < -0.4 is 0 Å². The van der Waals surface area contributed by atoms with Crippen LogP contribution in [0.5, 0.6) is 0 Å². The zero-order valence-electron chi connectivity index (χ0n) is 10.4. The number of rotatable bonds is 3. The van der Waals surface area contributed by atoms with Gasteiger partial charge in [0.05, 0.1) is 5.92 Å². The molecule has 2 rings (SSSR count). The van der Waals surface area contributed by atoms with Gasteiger partial charge in [0.25, 0.3) is 0 Å². The van der Waals surface area contributed by atoms with E-state index in [4.69, 9.17) is 0 Å². The van der Waals surface area contributed by atoms with Crippen LogP contribution in [0.25, 0.3) is 0 Å². The van der Waals surface area contributed by atoms with Crippen LogP contribution in [-0.4, -0.2) is 11.1 Å². The third-order valence-corrected chi connectivity index (χ3v) is 3.61. The van der Waals surface area contributed by atoms with Gasteiger partial charge in [0, 0.05) is 12.0 Å². The van der Waals surface area contributed by atoms with E-state index < -0.39 is 5.97 Å². The second kappa shape index (κ2) is 6.26. The Kier molecular flexibility index (Phi) is 4.41. The van der Waals surface area contributed by atoms with Crippen molar-refractivity contribution in [2.75, 3.05) is 0 Å². The minimum atomic E-state index is -0.690.